The Morgan fingerprint density at radius 2 is 1.96 bits per heavy atom. The second kappa shape index (κ2) is 6.87. The van der Waals surface area contributed by atoms with E-state index in [1.165, 1.54) is 19.4 Å². The van der Waals surface area contributed by atoms with Gasteiger partial charge in [0, 0.05) is 30.6 Å². The zero-order chi connectivity index (χ0) is 18.8. The molecular weight excluding hydrogens is 346 g/mol. The SMILES string of the molecule is COc1cnc(C(F)F)cc1-c1cc(-c2ccn(C)n2)ncc1C(=O)O. The molecule has 0 fully saturated rings. The lowest BCUT2D eigenvalue weighted by molar-refractivity contribution is 0.0697. The molecule has 0 bridgehead atoms. The van der Waals surface area contributed by atoms with Crippen LogP contribution in [0.2, 0.25) is 0 Å². The molecule has 7 nitrogen and oxygen atoms in total. The Morgan fingerprint density at radius 1 is 1.19 bits per heavy atom. The second-order valence-corrected chi connectivity index (χ2v) is 5.41. The summed E-state index contributed by atoms with van der Waals surface area (Å²) in [5.74, 6) is -1.06. The quantitative estimate of drug-likeness (QED) is 0.751. The molecule has 0 radical (unpaired) electrons. The number of ether oxygens (including phenoxy) is 1. The number of alkyl halides is 2. The highest BCUT2D eigenvalue weighted by atomic mass is 19.3. The fourth-order valence-corrected chi connectivity index (χ4v) is 2.49. The number of aryl methyl sites for hydroxylation is 1. The molecule has 9 heteroatoms. The zero-order valence-corrected chi connectivity index (χ0v) is 13.8. The van der Waals surface area contributed by atoms with E-state index in [0.717, 1.165) is 12.3 Å². The number of aromatic nitrogens is 4. The molecule has 26 heavy (non-hydrogen) atoms. The highest BCUT2D eigenvalue weighted by Crippen LogP contribution is 2.35. The van der Waals surface area contributed by atoms with E-state index < -0.39 is 18.1 Å². The molecule has 134 valence electrons. The van der Waals surface area contributed by atoms with Crippen molar-refractivity contribution in [2.24, 2.45) is 7.05 Å². The molecule has 3 heterocycles. The van der Waals surface area contributed by atoms with Gasteiger partial charge in [0.1, 0.15) is 17.1 Å². The fourth-order valence-electron chi connectivity index (χ4n) is 2.49. The van der Waals surface area contributed by atoms with Gasteiger partial charge in [0.2, 0.25) is 0 Å². The van der Waals surface area contributed by atoms with Gasteiger partial charge in [0.15, 0.2) is 0 Å². The average molecular weight is 360 g/mol. The molecule has 0 spiro atoms. The van der Waals surface area contributed by atoms with Gasteiger partial charge in [-0.25, -0.2) is 13.6 Å². The average Bonchev–Trinajstić information content (AvgIpc) is 3.06. The third-order valence-electron chi connectivity index (χ3n) is 3.73. The number of hydrogen-bond donors (Lipinski definition) is 1. The lowest BCUT2D eigenvalue weighted by Crippen LogP contribution is -2.04. The molecule has 0 saturated carbocycles. The van der Waals surface area contributed by atoms with Gasteiger partial charge in [-0.05, 0) is 18.2 Å². The fraction of sp³-hybridized carbons (Fsp3) is 0.176. The molecule has 0 saturated heterocycles. The highest BCUT2D eigenvalue weighted by molar-refractivity contribution is 5.97. The summed E-state index contributed by atoms with van der Waals surface area (Å²) in [5, 5.41) is 13.7. The maximum absolute atomic E-state index is 13.1. The van der Waals surface area contributed by atoms with Gasteiger partial charge in [0.05, 0.1) is 24.6 Å². The first-order valence-electron chi connectivity index (χ1n) is 7.46. The Bertz CT molecular complexity index is 972. The van der Waals surface area contributed by atoms with Crippen molar-refractivity contribution in [2.75, 3.05) is 7.11 Å². The summed E-state index contributed by atoms with van der Waals surface area (Å²) in [5.41, 5.74) is 0.683. The van der Waals surface area contributed by atoms with E-state index >= 15 is 0 Å². The van der Waals surface area contributed by atoms with E-state index in [2.05, 4.69) is 15.1 Å². The van der Waals surface area contributed by atoms with Crippen LogP contribution in [0.3, 0.4) is 0 Å². The third kappa shape index (κ3) is 3.23. The number of nitrogens with zero attached hydrogens (tertiary/aromatic N) is 4. The second-order valence-electron chi connectivity index (χ2n) is 5.41. The van der Waals surface area contributed by atoms with Crippen LogP contribution in [0.1, 0.15) is 22.5 Å². The van der Waals surface area contributed by atoms with Crippen molar-refractivity contribution < 1.29 is 23.4 Å². The van der Waals surface area contributed by atoms with Crippen LogP contribution in [0, 0.1) is 0 Å². The molecule has 1 N–H and O–H groups in total. The first-order valence-corrected chi connectivity index (χ1v) is 7.46. The summed E-state index contributed by atoms with van der Waals surface area (Å²) in [7, 11) is 3.08. The highest BCUT2D eigenvalue weighted by Gasteiger charge is 2.20. The zero-order valence-electron chi connectivity index (χ0n) is 13.8. The minimum Gasteiger partial charge on any atom is -0.494 e. The number of halogens is 2. The molecule has 3 aromatic rings. The summed E-state index contributed by atoms with van der Waals surface area (Å²) in [6, 6.07) is 4.31. The smallest absolute Gasteiger partial charge is 0.337 e. The number of hydrogen-bond acceptors (Lipinski definition) is 5. The predicted molar refractivity (Wildman–Crippen MR) is 88.1 cm³/mol. The number of aromatic carboxylic acids is 1. The monoisotopic (exact) mass is 360 g/mol. The molecule has 3 aromatic heterocycles. The number of rotatable bonds is 5. The van der Waals surface area contributed by atoms with Crippen LogP contribution in [0.5, 0.6) is 5.75 Å². The van der Waals surface area contributed by atoms with Crippen molar-refractivity contribution in [3.8, 4) is 28.3 Å². The van der Waals surface area contributed by atoms with Crippen LogP contribution < -0.4 is 4.74 Å². The van der Waals surface area contributed by atoms with Crippen LogP contribution >= 0.6 is 0 Å². The van der Waals surface area contributed by atoms with Gasteiger partial charge in [-0.15, -0.1) is 0 Å². The van der Waals surface area contributed by atoms with Crippen molar-refractivity contribution in [2.45, 2.75) is 6.43 Å². The van der Waals surface area contributed by atoms with E-state index in [9.17, 15) is 18.7 Å². The maximum Gasteiger partial charge on any atom is 0.337 e. The van der Waals surface area contributed by atoms with Crippen molar-refractivity contribution in [1.82, 2.24) is 19.7 Å². The summed E-state index contributed by atoms with van der Waals surface area (Å²) in [6.45, 7) is 0. The van der Waals surface area contributed by atoms with Crippen LogP contribution in [-0.2, 0) is 7.05 Å². The van der Waals surface area contributed by atoms with E-state index in [0.29, 0.717) is 11.4 Å². The van der Waals surface area contributed by atoms with Crippen LogP contribution in [0.25, 0.3) is 22.5 Å². The minimum absolute atomic E-state index is 0.144. The number of methoxy groups -OCH3 is 1. The first kappa shape index (κ1) is 17.5. The molecule has 0 aliphatic heterocycles. The van der Waals surface area contributed by atoms with E-state index in [1.54, 1.807) is 24.0 Å². The van der Waals surface area contributed by atoms with Gasteiger partial charge >= 0.3 is 5.97 Å². The maximum atomic E-state index is 13.1. The standard InChI is InChI=1S/C17H14F2N4O3/c1-23-4-3-12(22-23)13-5-9(11(7-20-13)17(24)25)10-6-14(16(18)19)21-8-15(10)26-2/h3-8,16H,1-2H3,(H,24,25). The number of carboxylic acid groups (broad SMARTS) is 1. The summed E-state index contributed by atoms with van der Waals surface area (Å²) in [6.07, 6.45) is 1.22. The molecule has 0 amide bonds. The summed E-state index contributed by atoms with van der Waals surface area (Å²) < 4.78 is 32.9. The number of carbonyl (C=O) groups is 1. The van der Waals surface area contributed by atoms with Gasteiger partial charge in [-0.2, -0.15) is 5.10 Å². The summed E-state index contributed by atoms with van der Waals surface area (Å²) >= 11 is 0. The Kier molecular flexibility index (Phi) is 4.61. The Balaban J connectivity index is 2.25. The Hall–Kier alpha value is -3.36. The largest absolute Gasteiger partial charge is 0.494 e. The van der Waals surface area contributed by atoms with Crippen LogP contribution in [0.4, 0.5) is 8.78 Å². The molecular formula is C17H14F2N4O3. The van der Waals surface area contributed by atoms with Crippen molar-refractivity contribution in [1.29, 1.82) is 0 Å². The molecule has 0 aromatic carbocycles. The van der Waals surface area contributed by atoms with Gasteiger partial charge < -0.3 is 9.84 Å². The van der Waals surface area contributed by atoms with Gasteiger partial charge in [-0.1, -0.05) is 0 Å². The van der Waals surface area contributed by atoms with Crippen molar-refractivity contribution in [3.63, 3.8) is 0 Å². The van der Waals surface area contributed by atoms with Crippen LogP contribution in [0.15, 0.2) is 36.8 Å². The minimum atomic E-state index is -2.80. The van der Waals surface area contributed by atoms with Crippen molar-refractivity contribution in [3.05, 3.63) is 48.0 Å². The summed E-state index contributed by atoms with van der Waals surface area (Å²) in [4.78, 5) is 19.4. The lowest BCUT2D eigenvalue weighted by atomic mass is 9.99. The lowest BCUT2D eigenvalue weighted by Gasteiger charge is -2.13. The van der Waals surface area contributed by atoms with E-state index in [1.807, 2.05) is 0 Å². The first-order chi connectivity index (χ1) is 12.4. The Morgan fingerprint density at radius 3 is 2.54 bits per heavy atom. The van der Waals surface area contributed by atoms with Gasteiger partial charge in [0.25, 0.3) is 6.43 Å². The molecule has 0 atom stereocenters. The molecule has 0 unspecified atom stereocenters. The van der Waals surface area contributed by atoms with Crippen LogP contribution in [-0.4, -0.2) is 37.9 Å². The number of pyridine rings is 2. The predicted octanol–water partition coefficient (Wildman–Crippen LogP) is 3.19. The van der Waals surface area contributed by atoms with E-state index in [4.69, 9.17) is 4.74 Å². The number of carboxylic acids is 1. The normalized spacial score (nSPS) is 11.0. The topological polar surface area (TPSA) is 90.1 Å². The third-order valence-corrected chi connectivity index (χ3v) is 3.73. The molecule has 0 aliphatic rings. The Labute approximate surface area is 146 Å². The van der Waals surface area contributed by atoms with Gasteiger partial charge in [-0.3, -0.25) is 14.6 Å². The molecule has 3 rings (SSSR count). The molecule has 0 aliphatic carbocycles. The van der Waals surface area contributed by atoms with Crippen molar-refractivity contribution >= 4 is 5.97 Å². The van der Waals surface area contributed by atoms with E-state index in [-0.39, 0.29) is 22.4 Å².